The van der Waals surface area contributed by atoms with E-state index in [1.807, 2.05) is 36.4 Å². The number of fused-ring (bicyclic) bond motifs is 3. The lowest BCUT2D eigenvalue weighted by Crippen LogP contribution is -2.35. The fourth-order valence-corrected chi connectivity index (χ4v) is 5.78. The van der Waals surface area contributed by atoms with Crippen molar-refractivity contribution in [1.29, 1.82) is 0 Å². The Hall–Kier alpha value is -2.97. The van der Waals surface area contributed by atoms with E-state index in [1.165, 1.54) is 9.55 Å². The minimum absolute atomic E-state index is 0.205. The number of benzene rings is 2. The number of thiophene rings is 1. The van der Waals surface area contributed by atoms with E-state index in [2.05, 4.69) is 26.3 Å². The molecule has 1 amide bonds. The molecule has 2 heterocycles. The van der Waals surface area contributed by atoms with Gasteiger partial charge in [-0.05, 0) is 83.9 Å². The van der Waals surface area contributed by atoms with Gasteiger partial charge in [0, 0.05) is 10.4 Å². The molecule has 0 unspecified atom stereocenters. The van der Waals surface area contributed by atoms with Crippen LogP contribution in [-0.4, -0.2) is 15.6 Å². The molecule has 0 radical (unpaired) electrons. The molecule has 8 heteroatoms. The Balaban J connectivity index is 1.34. The van der Waals surface area contributed by atoms with E-state index in [-0.39, 0.29) is 11.5 Å². The molecule has 4 aromatic rings. The number of rotatable bonds is 5. The minimum atomic E-state index is -0.358. The van der Waals surface area contributed by atoms with Crippen molar-refractivity contribution in [3.8, 4) is 5.75 Å². The number of aryl methyl sites for hydroxylation is 3. The number of halogens is 1. The van der Waals surface area contributed by atoms with Crippen LogP contribution in [0.5, 0.6) is 5.75 Å². The SMILES string of the molecule is Cc1nc2sc3c(c2c(=O)n1NC(=O)c1ccc(COc2ccccc2Br)cc1)CCCC3. The monoisotopic (exact) mass is 523 g/mol. The minimum Gasteiger partial charge on any atom is -0.488 e. The van der Waals surface area contributed by atoms with E-state index in [4.69, 9.17) is 4.74 Å². The van der Waals surface area contributed by atoms with Crippen LogP contribution in [0, 0.1) is 6.92 Å². The van der Waals surface area contributed by atoms with Crippen molar-refractivity contribution in [2.45, 2.75) is 39.2 Å². The van der Waals surface area contributed by atoms with E-state index in [1.54, 1.807) is 30.4 Å². The zero-order chi connectivity index (χ0) is 22.9. The first-order chi connectivity index (χ1) is 16.0. The second kappa shape index (κ2) is 9.11. The molecular formula is C25H22BrN3O3S. The summed E-state index contributed by atoms with van der Waals surface area (Å²) in [6.07, 6.45) is 4.12. The van der Waals surface area contributed by atoms with Gasteiger partial charge in [0.1, 0.15) is 23.0 Å². The lowest BCUT2D eigenvalue weighted by Gasteiger charge is -2.13. The Labute approximate surface area is 203 Å². The molecule has 2 aromatic heterocycles. The van der Waals surface area contributed by atoms with Crippen LogP contribution in [0.25, 0.3) is 10.2 Å². The Morgan fingerprint density at radius 2 is 1.91 bits per heavy atom. The molecular weight excluding hydrogens is 502 g/mol. The first-order valence-electron chi connectivity index (χ1n) is 10.8. The predicted octanol–water partition coefficient (Wildman–Crippen LogP) is 5.37. The van der Waals surface area contributed by atoms with E-state index < -0.39 is 0 Å². The third-order valence-electron chi connectivity index (χ3n) is 5.82. The normalized spacial score (nSPS) is 13.0. The number of carbonyl (C=O) groups is 1. The lowest BCUT2D eigenvalue weighted by molar-refractivity contribution is 0.101. The van der Waals surface area contributed by atoms with Gasteiger partial charge in [-0.25, -0.2) is 9.66 Å². The smallest absolute Gasteiger partial charge is 0.281 e. The highest BCUT2D eigenvalue weighted by Crippen LogP contribution is 2.33. The van der Waals surface area contributed by atoms with Gasteiger partial charge in [-0.2, -0.15) is 0 Å². The van der Waals surface area contributed by atoms with Crippen LogP contribution in [-0.2, 0) is 19.4 Å². The topological polar surface area (TPSA) is 73.2 Å². The maximum atomic E-state index is 13.2. The summed E-state index contributed by atoms with van der Waals surface area (Å²) in [6, 6.07) is 14.8. The number of amides is 1. The van der Waals surface area contributed by atoms with Crippen molar-refractivity contribution in [1.82, 2.24) is 9.66 Å². The standard InChI is InChI=1S/C25H22BrN3O3S/c1-15-27-24-22(18-6-2-5-9-21(18)33-24)25(31)29(15)28-23(30)17-12-10-16(11-13-17)14-32-20-8-4-3-7-19(20)26/h3-4,7-8,10-13H,2,5-6,9,14H2,1H3,(H,28,30). The zero-order valence-corrected chi connectivity index (χ0v) is 20.5. The van der Waals surface area contributed by atoms with Crippen LogP contribution in [0.2, 0.25) is 0 Å². The third-order valence-corrected chi connectivity index (χ3v) is 7.66. The molecule has 1 N–H and O–H groups in total. The summed E-state index contributed by atoms with van der Waals surface area (Å²) in [5.74, 6) is 0.870. The van der Waals surface area contributed by atoms with Crippen molar-refractivity contribution in [2.24, 2.45) is 0 Å². The third kappa shape index (κ3) is 4.32. The molecule has 0 bridgehead atoms. The Morgan fingerprint density at radius 3 is 2.70 bits per heavy atom. The summed E-state index contributed by atoms with van der Waals surface area (Å²) in [4.78, 5) is 32.8. The van der Waals surface area contributed by atoms with Crippen LogP contribution in [0.4, 0.5) is 0 Å². The van der Waals surface area contributed by atoms with Crippen LogP contribution in [0.15, 0.2) is 57.8 Å². The van der Waals surface area contributed by atoms with Gasteiger partial charge < -0.3 is 4.74 Å². The molecule has 0 spiro atoms. The number of hydrogen-bond donors (Lipinski definition) is 1. The average Bonchev–Trinajstić information content (AvgIpc) is 3.19. The zero-order valence-electron chi connectivity index (χ0n) is 18.1. The van der Waals surface area contributed by atoms with Crippen LogP contribution < -0.4 is 15.7 Å². The molecule has 0 saturated heterocycles. The molecule has 33 heavy (non-hydrogen) atoms. The number of nitrogens with zero attached hydrogens (tertiary/aromatic N) is 2. The Kier molecular flexibility index (Phi) is 6.03. The Morgan fingerprint density at radius 1 is 1.15 bits per heavy atom. The predicted molar refractivity (Wildman–Crippen MR) is 134 cm³/mol. The van der Waals surface area contributed by atoms with Crippen molar-refractivity contribution < 1.29 is 9.53 Å². The molecule has 5 rings (SSSR count). The fraction of sp³-hybridized carbons (Fsp3) is 0.240. The van der Waals surface area contributed by atoms with Gasteiger partial charge in [0.2, 0.25) is 0 Å². The lowest BCUT2D eigenvalue weighted by atomic mass is 9.97. The number of aromatic nitrogens is 2. The summed E-state index contributed by atoms with van der Waals surface area (Å²) < 4.78 is 7.99. The number of para-hydroxylation sites is 1. The molecule has 2 aromatic carbocycles. The number of carbonyl (C=O) groups excluding carboxylic acids is 1. The van der Waals surface area contributed by atoms with E-state index in [0.29, 0.717) is 23.4 Å². The number of nitrogens with one attached hydrogen (secondary N) is 1. The van der Waals surface area contributed by atoms with E-state index in [0.717, 1.165) is 51.9 Å². The number of hydrogen-bond acceptors (Lipinski definition) is 5. The van der Waals surface area contributed by atoms with Crippen molar-refractivity contribution in [3.05, 3.63) is 90.7 Å². The summed E-state index contributed by atoms with van der Waals surface area (Å²) in [5.41, 5.74) is 5.03. The van der Waals surface area contributed by atoms with Gasteiger partial charge in [0.05, 0.1) is 9.86 Å². The molecule has 0 fully saturated rings. The molecule has 0 atom stereocenters. The van der Waals surface area contributed by atoms with Crippen LogP contribution >= 0.6 is 27.3 Å². The largest absolute Gasteiger partial charge is 0.488 e. The van der Waals surface area contributed by atoms with Gasteiger partial charge in [0.15, 0.2) is 0 Å². The van der Waals surface area contributed by atoms with E-state index >= 15 is 0 Å². The first kappa shape index (κ1) is 21.9. The van der Waals surface area contributed by atoms with Gasteiger partial charge in [-0.3, -0.25) is 15.0 Å². The van der Waals surface area contributed by atoms with E-state index in [9.17, 15) is 9.59 Å². The molecule has 6 nitrogen and oxygen atoms in total. The van der Waals surface area contributed by atoms with Crippen molar-refractivity contribution in [3.63, 3.8) is 0 Å². The quantitative estimate of drug-likeness (QED) is 0.381. The van der Waals surface area contributed by atoms with Crippen LogP contribution in [0.1, 0.15) is 45.0 Å². The molecule has 0 aliphatic heterocycles. The molecule has 0 saturated carbocycles. The fourth-order valence-electron chi connectivity index (χ4n) is 4.08. The Bertz CT molecular complexity index is 1410. The summed E-state index contributed by atoms with van der Waals surface area (Å²) >= 11 is 5.07. The van der Waals surface area contributed by atoms with Gasteiger partial charge in [-0.15, -0.1) is 11.3 Å². The second-order valence-electron chi connectivity index (χ2n) is 8.05. The molecule has 1 aliphatic rings. The van der Waals surface area contributed by atoms with Gasteiger partial charge in [0.25, 0.3) is 11.5 Å². The highest BCUT2D eigenvalue weighted by Gasteiger charge is 2.22. The van der Waals surface area contributed by atoms with Crippen LogP contribution in [0.3, 0.4) is 0 Å². The summed E-state index contributed by atoms with van der Waals surface area (Å²) in [7, 11) is 0. The summed E-state index contributed by atoms with van der Waals surface area (Å²) in [6.45, 7) is 2.12. The summed E-state index contributed by atoms with van der Waals surface area (Å²) in [5, 5.41) is 0.653. The van der Waals surface area contributed by atoms with Crippen molar-refractivity contribution >= 4 is 43.4 Å². The first-order valence-corrected chi connectivity index (χ1v) is 12.4. The van der Waals surface area contributed by atoms with Gasteiger partial charge >= 0.3 is 0 Å². The molecule has 1 aliphatic carbocycles. The highest BCUT2D eigenvalue weighted by molar-refractivity contribution is 9.10. The maximum absolute atomic E-state index is 13.2. The highest BCUT2D eigenvalue weighted by atomic mass is 79.9. The maximum Gasteiger partial charge on any atom is 0.281 e. The van der Waals surface area contributed by atoms with Crippen molar-refractivity contribution in [2.75, 3.05) is 5.43 Å². The number of ether oxygens (including phenoxy) is 1. The average molecular weight is 524 g/mol. The molecule has 168 valence electrons. The second-order valence-corrected chi connectivity index (χ2v) is 9.99. The van der Waals surface area contributed by atoms with Gasteiger partial charge in [-0.1, -0.05) is 24.3 Å².